The van der Waals surface area contributed by atoms with E-state index in [2.05, 4.69) is 36.5 Å². The predicted molar refractivity (Wildman–Crippen MR) is 60.3 cm³/mol. The zero-order valence-electron chi connectivity index (χ0n) is 9.12. The van der Waals surface area contributed by atoms with Crippen LogP contribution in [0.4, 0.5) is 0 Å². The van der Waals surface area contributed by atoms with Crippen LogP contribution in [0.25, 0.3) is 0 Å². The van der Waals surface area contributed by atoms with E-state index in [1.165, 1.54) is 12.0 Å². The van der Waals surface area contributed by atoms with E-state index >= 15 is 0 Å². The maximum atomic E-state index is 6.11. The normalized spacial score (nSPS) is 33.8. The summed E-state index contributed by atoms with van der Waals surface area (Å²) in [5.41, 5.74) is 1.40. The van der Waals surface area contributed by atoms with Gasteiger partial charge >= 0.3 is 0 Å². The van der Waals surface area contributed by atoms with E-state index in [0.29, 0.717) is 5.92 Å². The number of hydrogen-bond acceptors (Lipinski definition) is 2. The lowest BCUT2D eigenvalue weighted by Gasteiger charge is -2.37. The smallest absolute Gasteiger partial charge is 0.123 e. The van der Waals surface area contributed by atoms with E-state index in [1.54, 1.807) is 0 Å². The first-order chi connectivity index (χ1) is 7.27. The molecule has 2 nitrogen and oxygen atoms in total. The van der Waals surface area contributed by atoms with Crippen molar-refractivity contribution >= 4 is 0 Å². The molecule has 0 radical (unpaired) electrons. The molecule has 2 heteroatoms. The van der Waals surface area contributed by atoms with Crippen molar-refractivity contribution in [2.75, 3.05) is 13.1 Å². The molecule has 1 fully saturated rings. The quantitative estimate of drug-likeness (QED) is 0.698. The van der Waals surface area contributed by atoms with Gasteiger partial charge in [-0.05, 0) is 43.9 Å². The van der Waals surface area contributed by atoms with Crippen molar-refractivity contribution in [2.24, 2.45) is 0 Å². The molecule has 0 spiro atoms. The lowest BCUT2D eigenvalue weighted by atomic mass is 9.83. The SMILES string of the molecule is CC12CNCCC(C1)c1ccccc1O2. The molecule has 0 aromatic heterocycles. The minimum absolute atomic E-state index is 0.00444. The van der Waals surface area contributed by atoms with Crippen molar-refractivity contribution in [3.8, 4) is 5.75 Å². The van der Waals surface area contributed by atoms with E-state index in [-0.39, 0.29) is 5.60 Å². The van der Waals surface area contributed by atoms with Gasteiger partial charge in [-0.1, -0.05) is 18.2 Å². The number of hydrogen-bond donors (Lipinski definition) is 1. The van der Waals surface area contributed by atoms with Gasteiger partial charge < -0.3 is 10.1 Å². The third kappa shape index (κ3) is 1.53. The molecule has 2 heterocycles. The van der Waals surface area contributed by atoms with Gasteiger partial charge in [-0.15, -0.1) is 0 Å². The Hall–Kier alpha value is -1.02. The van der Waals surface area contributed by atoms with Gasteiger partial charge in [-0.2, -0.15) is 0 Å². The van der Waals surface area contributed by atoms with Gasteiger partial charge in [0.15, 0.2) is 0 Å². The molecule has 15 heavy (non-hydrogen) atoms. The summed E-state index contributed by atoms with van der Waals surface area (Å²) in [6.07, 6.45) is 2.38. The van der Waals surface area contributed by atoms with Crippen molar-refractivity contribution in [3.63, 3.8) is 0 Å². The van der Waals surface area contributed by atoms with Crippen LogP contribution >= 0.6 is 0 Å². The molecular formula is C13H17NO. The molecule has 80 valence electrons. The maximum absolute atomic E-state index is 6.11. The predicted octanol–water partition coefficient (Wildman–Crippen LogP) is 2.30. The summed E-state index contributed by atoms with van der Waals surface area (Å²) in [5.74, 6) is 1.77. The fraction of sp³-hybridized carbons (Fsp3) is 0.538. The summed E-state index contributed by atoms with van der Waals surface area (Å²) in [7, 11) is 0. The highest BCUT2D eigenvalue weighted by Crippen LogP contribution is 2.42. The molecule has 1 aromatic rings. The summed E-state index contributed by atoms with van der Waals surface area (Å²) < 4.78 is 6.11. The average molecular weight is 203 g/mol. The van der Waals surface area contributed by atoms with Gasteiger partial charge in [0.1, 0.15) is 11.4 Å². The average Bonchev–Trinajstić information content (AvgIpc) is 2.38. The van der Waals surface area contributed by atoms with Gasteiger partial charge in [0.25, 0.3) is 0 Å². The van der Waals surface area contributed by atoms with Crippen LogP contribution in [-0.2, 0) is 0 Å². The fourth-order valence-corrected chi connectivity index (χ4v) is 2.84. The largest absolute Gasteiger partial charge is 0.486 e. The molecular weight excluding hydrogens is 186 g/mol. The Morgan fingerprint density at radius 3 is 3.20 bits per heavy atom. The molecule has 1 saturated heterocycles. The fourth-order valence-electron chi connectivity index (χ4n) is 2.84. The number of fused-ring (bicyclic) bond motifs is 4. The molecule has 0 saturated carbocycles. The first-order valence-electron chi connectivity index (χ1n) is 5.75. The third-order valence-corrected chi connectivity index (χ3v) is 3.56. The lowest BCUT2D eigenvalue weighted by Crippen LogP contribution is -2.44. The molecule has 3 rings (SSSR count). The Morgan fingerprint density at radius 1 is 1.40 bits per heavy atom. The second-order valence-corrected chi connectivity index (χ2v) is 4.96. The molecule has 2 bridgehead atoms. The van der Waals surface area contributed by atoms with Crippen LogP contribution in [0.5, 0.6) is 5.75 Å². The van der Waals surface area contributed by atoms with Crippen LogP contribution in [0.15, 0.2) is 24.3 Å². The Labute approximate surface area is 90.6 Å². The monoisotopic (exact) mass is 203 g/mol. The number of ether oxygens (including phenoxy) is 1. The van der Waals surface area contributed by atoms with Crippen molar-refractivity contribution in [2.45, 2.75) is 31.3 Å². The van der Waals surface area contributed by atoms with Crippen LogP contribution in [-0.4, -0.2) is 18.7 Å². The topological polar surface area (TPSA) is 21.3 Å². The van der Waals surface area contributed by atoms with E-state index in [9.17, 15) is 0 Å². The van der Waals surface area contributed by atoms with Gasteiger partial charge in [-0.3, -0.25) is 0 Å². The molecule has 2 unspecified atom stereocenters. The van der Waals surface area contributed by atoms with Gasteiger partial charge in [0.2, 0.25) is 0 Å². The van der Waals surface area contributed by atoms with Crippen LogP contribution in [0.1, 0.15) is 31.2 Å². The van der Waals surface area contributed by atoms with Crippen LogP contribution in [0, 0.1) is 0 Å². The van der Waals surface area contributed by atoms with Gasteiger partial charge in [-0.25, -0.2) is 0 Å². The highest BCUT2D eigenvalue weighted by Gasteiger charge is 2.38. The minimum atomic E-state index is -0.00444. The lowest BCUT2D eigenvalue weighted by molar-refractivity contribution is 0.0625. The molecule has 2 aliphatic rings. The van der Waals surface area contributed by atoms with Crippen molar-refractivity contribution in [3.05, 3.63) is 29.8 Å². The summed E-state index contributed by atoms with van der Waals surface area (Å²) >= 11 is 0. The Kier molecular flexibility index (Phi) is 1.99. The van der Waals surface area contributed by atoms with Gasteiger partial charge in [0, 0.05) is 6.54 Å². The standard InChI is InChI=1S/C13H17NO/c1-13-8-10(6-7-14-9-13)11-4-2-3-5-12(11)15-13/h2-5,10,14H,6-9H2,1H3. The maximum Gasteiger partial charge on any atom is 0.123 e. The Bertz CT molecular complexity index is 377. The summed E-state index contributed by atoms with van der Waals surface area (Å²) in [4.78, 5) is 0. The minimum Gasteiger partial charge on any atom is -0.486 e. The number of nitrogens with one attached hydrogen (secondary N) is 1. The molecule has 2 aliphatic heterocycles. The van der Waals surface area contributed by atoms with E-state index < -0.39 is 0 Å². The summed E-state index contributed by atoms with van der Waals surface area (Å²) in [5, 5.41) is 3.47. The Balaban J connectivity index is 2.06. The number of rotatable bonds is 0. The second-order valence-electron chi connectivity index (χ2n) is 4.96. The molecule has 2 atom stereocenters. The summed E-state index contributed by atoms with van der Waals surface area (Å²) in [6.45, 7) is 4.30. The highest BCUT2D eigenvalue weighted by atomic mass is 16.5. The van der Waals surface area contributed by atoms with Crippen LogP contribution in [0.2, 0.25) is 0 Å². The van der Waals surface area contributed by atoms with Crippen LogP contribution < -0.4 is 10.1 Å². The van der Waals surface area contributed by atoms with Crippen molar-refractivity contribution < 1.29 is 4.74 Å². The molecule has 1 N–H and O–H groups in total. The van der Waals surface area contributed by atoms with E-state index in [4.69, 9.17) is 4.74 Å². The molecule has 0 aliphatic carbocycles. The van der Waals surface area contributed by atoms with Gasteiger partial charge in [0.05, 0.1) is 0 Å². The molecule has 0 amide bonds. The van der Waals surface area contributed by atoms with Crippen LogP contribution in [0.3, 0.4) is 0 Å². The third-order valence-electron chi connectivity index (χ3n) is 3.56. The first kappa shape index (κ1) is 9.22. The highest BCUT2D eigenvalue weighted by molar-refractivity contribution is 5.39. The second kappa shape index (κ2) is 3.24. The Morgan fingerprint density at radius 2 is 2.27 bits per heavy atom. The van der Waals surface area contributed by atoms with E-state index in [0.717, 1.165) is 25.3 Å². The number of benzene rings is 1. The first-order valence-corrected chi connectivity index (χ1v) is 5.75. The zero-order chi connectivity index (χ0) is 10.3. The zero-order valence-corrected chi connectivity index (χ0v) is 9.12. The number of para-hydroxylation sites is 1. The van der Waals surface area contributed by atoms with Crippen molar-refractivity contribution in [1.82, 2.24) is 5.32 Å². The summed E-state index contributed by atoms with van der Waals surface area (Å²) in [6, 6.07) is 8.49. The van der Waals surface area contributed by atoms with Crippen molar-refractivity contribution in [1.29, 1.82) is 0 Å². The van der Waals surface area contributed by atoms with E-state index in [1.807, 2.05) is 0 Å². The molecule has 1 aromatic carbocycles.